The van der Waals surface area contributed by atoms with Gasteiger partial charge in [-0.05, 0) is 32.1 Å². The van der Waals surface area contributed by atoms with E-state index in [1.165, 1.54) is 19.3 Å². The van der Waals surface area contributed by atoms with Crippen molar-refractivity contribution in [1.29, 1.82) is 0 Å². The van der Waals surface area contributed by atoms with Crippen LogP contribution in [-0.4, -0.2) is 24.7 Å². The van der Waals surface area contributed by atoms with Crippen LogP contribution in [0.3, 0.4) is 0 Å². The molecule has 0 saturated carbocycles. The molecule has 0 aromatic rings. The van der Waals surface area contributed by atoms with Crippen LogP contribution in [0.15, 0.2) is 0 Å². The first kappa shape index (κ1) is 15.0. The van der Waals surface area contributed by atoms with E-state index in [0.29, 0.717) is 25.0 Å². The lowest BCUT2D eigenvalue weighted by Crippen LogP contribution is -2.36. The van der Waals surface area contributed by atoms with Gasteiger partial charge < -0.3 is 0 Å². The maximum absolute atomic E-state index is 12.2. The Morgan fingerprint density at radius 2 is 1.58 bits per heavy atom. The highest BCUT2D eigenvalue weighted by molar-refractivity contribution is 7.93. The Hall–Kier alpha value is -0.380. The minimum Gasteiger partial charge on any atom is -0.299 e. The monoisotopic (exact) mass is 286 g/mol. The van der Waals surface area contributed by atoms with Gasteiger partial charge in [-0.1, -0.05) is 32.6 Å². The molecule has 0 N–H and O–H groups in total. The molecule has 2 unspecified atom stereocenters. The summed E-state index contributed by atoms with van der Waals surface area (Å²) in [6, 6.07) is 0. The third-order valence-electron chi connectivity index (χ3n) is 4.82. The van der Waals surface area contributed by atoms with E-state index in [0.717, 1.165) is 25.7 Å². The lowest BCUT2D eigenvalue weighted by molar-refractivity contribution is -0.123. The summed E-state index contributed by atoms with van der Waals surface area (Å²) in [7, 11) is -2.88. The lowest BCUT2D eigenvalue weighted by atomic mass is 9.91. The zero-order valence-electron chi connectivity index (χ0n) is 11.9. The van der Waals surface area contributed by atoms with Crippen molar-refractivity contribution in [1.82, 2.24) is 0 Å². The molecule has 2 heterocycles. The van der Waals surface area contributed by atoms with Crippen molar-refractivity contribution in [3.05, 3.63) is 0 Å². The van der Waals surface area contributed by atoms with E-state index in [4.69, 9.17) is 0 Å². The van der Waals surface area contributed by atoms with E-state index in [1.54, 1.807) is 0 Å². The molecule has 19 heavy (non-hydrogen) atoms. The summed E-state index contributed by atoms with van der Waals surface area (Å²) in [4.78, 5) is 12.2. The van der Waals surface area contributed by atoms with E-state index in [2.05, 4.69) is 6.92 Å². The number of rotatable bonds is 7. The number of sulfone groups is 1. The molecule has 0 spiro atoms. The summed E-state index contributed by atoms with van der Waals surface area (Å²) in [5, 5.41) is -0.416. The van der Waals surface area contributed by atoms with Gasteiger partial charge in [0.25, 0.3) is 0 Å². The Kier molecular flexibility index (Phi) is 5.04. The van der Waals surface area contributed by atoms with Gasteiger partial charge in [-0.15, -0.1) is 0 Å². The number of Topliss-reactive ketones (excluding diaryl/α,β-unsaturated/α-hetero) is 1. The molecule has 0 aromatic carbocycles. The summed E-state index contributed by atoms with van der Waals surface area (Å²) in [5.41, 5.74) is 0. The summed E-state index contributed by atoms with van der Waals surface area (Å²) < 4.78 is 23.9. The molecule has 2 rings (SSSR count). The standard InChI is InChI=1S/C15H26O3S/c1-2-3-4-5-6-7-15(16)12-10-13-8-9-14(11-12)19(13,17)18/h12-14H,2-11H2,1H3. The molecule has 2 fully saturated rings. The molecular formula is C15H26O3S. The first-order valence-corrected chi connectivity index (χ1v) is 9.42. The van der Waals surface area contributed by atoms with Crippen molar-refractivity contribution in [2.24, 2.45) is 5.92 Å². The fourth-order valence-electron chi connectivity index (χ4n) is 3.58. The van der Waals surface area contributed by atoms with Crippen LogP contribution in [0, 0.1) is 5.92 Å². The number of fused-ring (bicyclic) bond motifs is 2. The molecule has 110 valence electrons. The second kappa shape index (κ2) is 6.38. The molecule has 0 radical (unpaired) electrons. The van der Waals surface area contributed by atoms with Gasteiger partial charge in [-0.25, -0.2) is 8.42 Å². The maximum atomic E-state index is 12.2. The van der Waals surface area contributed by atoms with Crippen molar-refractivity contribution in [2.45, 2.75) is 81.6 Å². The Labute approximate surface area is 117 Å². The predicted molar refractivity (Wildman–Crippen MR) is 76.8 cm³/mol. The topological polar surface area (TPSA) is 51.2 Å². The molecular weight excluding hydrogens is 260 g/mol. The highest BCUT2D eigenvalue weighted by atomic mass is 32.2. The highest BCUT2D eigenvalue weighted by Crippen LogP contribution is 2.41. The molecule has 2 saturated heterocycles. The number of carbonyl (C=O) groups is 1. The first-order valence-electron chi connectivity index (χ1n) is 7.81. The molecule has 0 aromatic heterocycles. The van der Waals surface area contributed by atoms with E-state index in [-0.39, 0.29) is 16.4 Å². The van der Waals surface area contributed by atoms with E-state index < -0.39 is 9.84 Å². The molecule has 2 aliphatic rings. The highest BCUT2D eigenvalue weighted by Gasteiger charge is 2.48. The van der Waals surface area contributed by atoms with Crippen LogP contribution in [0.25, 0.3) is 0 Å². The van der Waals surface area contributed by atoms with Crippen LogP contribution in [0.2, 0.25) is 0 Å². The molecule has 0 aliphatic carbocycles. The van der Waals surface area contributed by atoms with E-state index in [1.807, 2.05) is 0 Å². The number of hydrogen-bond donors (Lipinski definition) is 0. The SMILES string of the molecule is CCCCCCCC(=O)C1CC2CCC(C1)S2(=O)=O. The first-order chi connectivity index (χ1) is 9.05. The molecule has 2 aliphatic heterocycles. The molecule has 0 amide bonds. The van der Waals surface area contributed by atoms with Crippen LogP contribution in [0.4, 0.5) is 0 Å². The van der Waals surface area contributed by atoms with Gasteiger partial charge in [0.15, 0.2) is 9.84 Å². The molecule has 2 atom stereocenters. The van der Waals surface area contributed by atoms with E-state index >= 15 is 0 Å². The van der Waals surface area contributed by atoms with Crippen molar-refractivity contribution in [3.63, 3.8) is 0 Å². The van der Waals surface area contributed by atoms with Gasteiger partial charge in [0.2, 0.25) is 0 Å². The van der Waals surface area contributed by atoms with Crippen LogP contribution in [0.5, 0.6) is 0 Å². The number of carbonyl (C=O) groups excluding carboxylic acids is 1. The number of ketones is 1. The van der Waals surface area contributed by atoms with Crippen LogP contribution in [0.1, 0.15) is 71.1 Å². The summed E-state index contributed by atoms with van der Waals surface area (Å²) in [6.45, 7) is 2.18. The predicted octanol–water partition coefficient (Wildman–Crippen LogP) is 3.27. The smallest absolute Gasteiger partial charge is 0.156 e. The Morgan fingerprint density at radius 1 is 1.00 bits per heavy atom. The van der Waals surface area contributed by atoms with Crippen molar-refractivity contribution < 1.29 is 13.2 Å². The van der Waals surface area contributed by atoms with Gasteiger partial charge in [0, 0.05) is 12.3 Å². The van der Waals surface area contributed by atoms with Crippen LogP contribution >= 0.6 is 0 Å². The Bertz CT molecular complexity index is 393. The van der Waals surface area contributed by atoms with Gasteiger partial charge in [-0.2, -0.15) is 0 Å². The van der Waals surface area contributed by atoms with Gasteiger partial charge in [0.05, 0.1) is 10.5 Å². The minimum absolute atomic E-state index is 0.0344. The third kappa shape index (κ3) is 3.39. The molecule has 4 heteroatoms. The second-order valence-corrected chi connectivity index (χ2v) is 8.72. The average Bonchev–Trinajstić information content (AvgIpc) is 2.59. The maximum Gasteiger partial charge on any atom is 0.156 e. The van der Waals surface area contributed by atoms with Gasteiger partial charge >= 0.3 is 0 Å². The average molecular weight is 286 g/mol. The quantitative estimate of drug-likeness (QED) is 0.675. The van der Waals surface area contributed by atoms with Gasteiger partial charge in [0.1, 0.15) is 5.78 Å². The lowest BCUT2D eigenvalue weighted by Gasteiger charge is -2.26. The zero-order valence-corrected chi connectivity index (χ0v) is 12.8. The summed E-state index contributed by atoms with van der Waals surface area (Å²) >= 11 is 0. The number of unbranched alkanes of at least 4 members (excludes halogenated alkanes) is 4. The number of hydrogen-bond acceptors (Lipinski definition) is 3. The molecule has 3 nitrogen and oxygen atoms in total. The minimum atomic E-state index is -2.88. The largest absolute Gasteiger partial charge is 0.299 e. The van der Waals surface area contributed by atoms with Crippen LogP contribution in [-0.2, 0) is 14.6 Å². The van der Waals surface area contributed by atoms with Crippen molar-refractivity contribution >= 4 is 15.6 Å². The summed E-state index contributed by atoms with van der Waals surface area (Å²) in [6.07, 6.45) is 9.24. The normalized spacial score (nSPS) is 32.4. The zero-order chi connectivity index (χ0) is 13.9. The fourth-order valence-corrected chi connectivity index (χ4v) is 6.05. The van der Waals surface area contributed by atoms with Gasteiger partial charge in [-0.3, -0.25) is 4.79 Å². The van der Waals surface area contributed by atoms with E-state index in [9.17, 15) is 13.2 Å². The molecule has 2 bridgehead atoms. The summed E-state index contributed by atoms with van der Waals surface area (Å²) in [5.74, 6) is 0.357. The van der Waals surface area contributed by atoms with Crippen molar-refractivity contribution in [3.8, 4) is 0 Å². The van der Waals surface area contributed by atoms with Crippen molar-refractivity contribution in [2.75, 3.05) is 0 Å². The third-order valence-corrected chi connectivity index (χ3v) is 7.53. The van der Waals surface area contributed by atoms with Crippen LogP contribution < -0.4 is 0 Å². The Balaban J connectivity index is 1.76. The Morgan fingerprint density at radius 3 is 2.16 bits per heavy atom. The fraction of sp³-hybridized carbons (Fsp3) is 0.933. The second-order valence-electron chi connectivity index (χ2n) is 6.21.